The average molecular weight is 224 g/mol. The van der Waals surface area contributed by atoms with E-state index < -0.39 is 0 Å². The molecule has 0 radical (unpaired) electrons. The van der Waals surface area contributed by atoms with E-state index >= 15 is 0 Å². The first-order valence-electron chi connectivity index (χ1n) is 6.74. The number of rotatable bonds is 3. The minimum Gasteiger partial charge on any atom is -0.338 e. The van der Waals surface area contributed by atoms with Crippen molar-refractivity contribution in [1.29, 1.82) is 0 Å². The number of likely N-dealkylation sites (tertiary alicyclic amines) is 1. The Morgan fingerprint density at radius 2 is 1.94 bits per heavy atom. The summed E-state index contributed by atoms with van der Waals surface area (Å²) in [5.41, 5.74) is 0. The van der Waals surface area contributed by atoms with Gasteiger partial charge in [-0.25, -0.2) is 0 Å². The maximum atomic E-state index is 12.1. The molecule has 1 amide bonds. The first-order valence-corrected chi connectivity index (χ1v) is 6.74. The summed E-state index contributed by atoms with van der Waals surface area (Å²) in [7, 11) is 1.89. The first kappa shape index (κ1) is 11.9. The van der Waals surface area contributed by atoms with Crippen LogP contribution in [0.5, 0.6) is 0 Å². The SMILES string of the molecule is CCC1CCC(N2CCC(NC)C2=O)CC1. The molecule has 3 heteroatoms. The van der Waals surface area contributed by atoms with Crippen molar-refractivity contribution in [3.63, 3.8) is 0 Å². The van der Waals surface area contributed by atoms with Gasteiger partial charge >= 0.3 is 0 Å². The van der Waals surface area contributed by atoms with Gasteiger partial charge in [-0.05, 0) is 45.1 Å². The average Bonchev–Trinajstić information content (AvgIpc) is 2.70. The van der Waals surface area contributed by atoms with E-state index in [0.29, 0.717) is 11.9 Å². The van der Waals surface area contributed by atoms with Crippen LogP contribution in [0.25, 0.3) is 0 Å². The third-order valence-electron chi connectivity index (χ3n) is 4.42. The van der Waals surface area contributed by atoms with E-state index in [4.69, 9.17) is 0 Å². The molecule has 2 rings (SSSR count). The summed E-state index contributed by atoms with van der Waals surface area (Å²) < 4.78 is 0. The molecule has 1 unspecified atom stereocenters. The number of likely N-dealkylation sites (N-methyl/N-ethyl adjacent to an activating group) is 1. The molecule has 1 heterocycles. The fourth-order valence-corrected chi connectivity index (χ4v) is 3.20. The van der Waals surface area contributed by atoms with Crippen molar-refractivity contribution in [3.05, 3.63) is 0 Å². The van der Waals surface area contributed by atoms with Crippen LogP contribution in [0.15, 0.2) is 0 Å². The van der Waals surface area contributed by atoms with Gasteiger partial charge in [-0.2, -0.15) is 0 Å². The summed E-state index contributed by atoms with van der Waals surface area (Å²) in [4.78, 5) is 14.2. The van der Waals surface area contributed by atoms with Crippen LogP contribution in [-0.4, -0.2) is 36.5 Å². The van der Waals surface area contributed by atoms with Crippen molar-refractivity contribution in [2.75, 3.05) is 13.6 Å². The molecule has 1 aliphatic heterocycles. The zero-order valence-electron chi connectivity index (χ0n) is 10.5. The Bertz CT molecular complexity index is 246. The smallest absolute Gasteiger partial charge is 0.240 e. The highest BCUT2D eigenvalue weighted by molar-refractivity contribution is 5.84. The van der Waals surface area contributed by atoms with Gasteiger partial charge < -0.3 is 10.2 Å². The van der Waals surface area contributed by atoms with E-state index in [1.807, 2.05) is 7.05 Å². The zero-order chi connectivity index (χ0) is 11.5. The third kappa shape index (κ3) is 2.24. The Hall–Kier alpha value is -0.570. The molecular weight excluding hydrogens is 200 g/mol. The normalized spacial score (nSPS) is 35.8. The van der Waals surface area contributed by atoms with Crippen molar-refractivity contribution in [2.45, 2.75) is 57.5 Å². The van der Waals surface area contributed by atoms with Crippen LogP contribution in [0, 0.1) is 5.92 Å². The molecule has 0 aromatic heterocycles. The topological polar surface area (TPSA) is 32.3 Å². The minimum absolute atomic E-state index is 0.0869. The second kappa shape index (κ2) is 5.17. The molecule has 0 spiro atoms. The molecule has 0 aromatic rings. The number of carbonyl (C=O) groups is 1. The van der Waals surface area contributed by atoms with Crippen LogP contribution in [0.2, 0.25) is 0 Å². The van der Waals surface area contributed by atoms with Crippen LogP contribution in [0.4, 0.5) is 0 Å². The molecule has 2 fully saturated rings. The molecule has 0 bridgehead atoms. The van der Waals surface area contributed by atoms with E-state index in [-0.39, 0.29) is 6.04 Å². The van der Waals surface area contributed by atoms with Crippen molar-refractivity contribution in [1.82, 2.24) is 10.2 Å². The quantitative estimate of drug-likeness (QED) is 0.792. The number of carbonyl (C=O) groups excluding carboxylic acids is 1. The maximum absolute atomic E-state index is 12.1. The summed E-state index contributed by atoms with van der Waals surface area (Å²) in [6.07, 6.45) is 7.37. The van der Waals surface area contributed by atoms with Gasteiger partial charge in [0.05, 0.1) is 6.04 Å². The summed E-state index contributed by atoms with van der Waals surface area (Å²) >= 11 is 0. The van der Waals surface area contributed by atoms with Gasteiger partial charge in [-0.3, -0.25) is 4.79 Å². The Morgan fingerprint density at radius 3 is 2.44 bits per heavy atom. The third-order valence-corrected chi connectivity index (χ3v) is 4.42. The van der Waals surface area contributed by atoms with E-state index in [2.05, 4.69) is 17.1 Å². The standard InChI is InChI=1S/C13H24N2O/c1-3-10-4-6-11(7-5-10)15-9-8-12(14-2)13(15)16/h10-12,14H,3-9H2,1-2H3. The number of nitrogens with zero attached hydrogens (tertiary/aromatic N) is 1. The Morgan fingerprint density at radius 1 is 1.25 bits per heavy atom. The highest BCUT2D eigenvalue weighted by Crippen LogP contribution is 2.31. The van der Waals surface area contributed by atoms with E-state index in [0.717, 1.165) is 18.9 Å². The van der Waals surface area contributed by atoms with Gasteiger partial charge in [0.2, 0.25) is 5.91 Å². The van der Waals surface area contributed by atoms with Gasteiger partial charge in [0.1, 0.15) is 0 Å². The zero-order valence-corrected chi connectivity index (χ0v) is 10.5. The summed E-state index contributed by atoms with van der Waals surface area (Å²) in [5, 5.41) is 3.11. The Labute approximate surface area is 98.6 Å². The van der Waals surface area contributed by atoms with Crippen molar-refractivity contribution in [3.8, 4) is 0 Å². The molecule has 1 atom stereocenters. The first-order chi connectivity index (χ1) is 7.76. The summed E-state index contributed by atoms with van der Waals surface area (Å²) in [5.74, 6) is 1.25. The Balaban J connectivity index is 1.88. The highest BCUT2D eigenvalue weighted by Gasteiger charge is 2.36. The molecule has 2 aliphatic rings. The number of hydrogen-bond donors (Lipinski definition) is 1. The predicted molar refractivity (Wildman–Crippen MR) is 65.2 cm³/mol. The number of hydrogen-bond acceptors (Lipinski definition) is 2. The van der Waals surface area contributed by atoms with Gasteiger partial charge in [0, 0.05) is 12.6 Å². The van der Waals surface area contributed by atoms with Gasteiger partial charge in [0.25, 0.3) is 0 Å². The summed E-state index contributed by atoms with van der Waals surface area (Å²) in [6, 6.07) is 0.623. The molecule has 1 saturated heterocycles. The van der Waals surface area contributed by atoms with Crippen LogP contribution in [-0.2, 0) is 4.79 Å². The van der Waals surface area contributed by atoms with Crippen molar-refractivity contribution >= 4 is 5.91 Å². The predicted octanol–water partition coefficient (Wildman–Crippen LogP) is 1.78. The second-order valence-electron chi connectivity index (χ2n) is 5.24. The monoisotopic (exact) mass is 224 g/mol. The second-order valence-corrected chi connectivity index (χ2v) is 5.24. The van der Waals surface area contributed by atoms with Crippen molar-refractivity contribution < 1.29 is 4.79 Å². The van der Waals surface area contributed by atoms with Crippen LogP contribution < -0.4 is 5.32 Å². The maximum Gasteiger partial charge on any atom is 0.240 e. The lowest BCUT2D eigenvalue weighted by Crippen LogP contribution is -2.43. The molecular formula is C13H24N2O. The molecule has 1 aliphatic carbocycles. The minimum atomic E-state index is 0.0869. The fraction of sp³-hybridized carbons (Fsp3) is 0.923. The fourth-order valence-electron chi connectivity index (χ4n) is 3.20. The Kier molecular flexibility index (Phi) is 3.85. The van der Waals surface area contributed by atoms with Crippen LogP contribution >= 0.6 is 0 Å². The number of nitrogens with one attached hydrogen (secondary N) is 1. The van der Waals surface area contributed by atoms with Gasteiger partial charge in [-0.15, -0.1) is 0 Å². The molecule has 1 saturated carbocycles. The molecule has 92 valence electrons. The number of amides is 1. The van der Waals surface area contributed by atoms with E-state index in [9.17, 15) is 4.79 Å². The summed E-state index contributed by atoms with van der Waals surface area (Å²) in [6.45, 7) is 3.24. The van der Waals surface area contributed by atoms with E-state index in [1.54, 1.807) is 0 Å². The highest BCUT2D eigenvalue weighted by atomic mass is 16.2. The molecule has 1 N–H and O–H groups in total. The molecule has 16 heavy (non-hydrogen) atoms. The largest absolute Gasteiger partial charge is 0.338 e. The lowest BCUT2D eigenvalue weighted by atomic mass is 9.84. The van der Waals surface area contributed by atoms with Crippen molar-refractivity contribution in [2.24, 2.45) is 5.92 Å². The lowest BCUT2D eigenvalue weighted by Gasteiger charge is -2.34. The van der Waals surface area contributed by atoms with Gasteiger partial charge in [0.15, 0.2) is 0 Å². The van der Waals surface area contributed by atoms with Crippen LogP contribution in [0.1, 0.15) is 45.4 Å². The molecule has 0 aromatic carbocycles. The molecule has 3 nitrogen and oxygen atoms in total. The van der Waals surface area contributed by atoms with Gasteiger partial charge in [-0.1, -0.05) is 13.3 Å². The van der Waals surface area contributed by atoms with Crippen LogP contribution in [0.3, 0.4) is 0 Å². The van der Waals surface area contributed by atoms with E-state index in [1.165, 1.54) is 32.1 Å². The lowest BCUT2D eigenvalue weighted by molar-refractivity contribution is -0.132.